The van der Waals surface area contributed by atoms with E-state index in [9.17, 15) is 13.2 Å². The molecule has 2 N–H and O–H groups in total. The Bertz CT molecular complexity index is 943. The summed E-state index contributed by atoms with van der Waals surface area (Å²) >= 11 is 0. The number of nitrogens with one attached hydrogen (secondary N) is 2. The molecule has 0 aliphatic carbocycles. The summed E-state index contributed by atoms with van der Waals surface area (Å²) in [4.78, 5) is 12.5. The van der Waals surface area contributed by atoms with Crippen molar-refractivity contribution in [3.8, 4) is 11.5 Å². The van der Waals surface area contributed by atoms with Gasteiger partial charge < -0.3 is 19.5 Å². The van der Waals surface area contributed by atoms with E-state index in [0.717, 1.165) is 0 Å². The molecule has 3 rings (SSSR count). The van der Waals surface area contributed by atoms with Crippen LogP contribution in [0.3, 0.4) is 0 Å². The molecule has 28 heavy (non-hydrogen) atoms. The molecular weight excluding hydrogens is 384 g/mol. The maximum absolute atomic E-state index is 12.4. The Morgan fingerprint density at radius 2 is 1.79 bits per heavy atom. The van der Waals surface area contributed by atoms with E-state index in [0.29, 0.717) is 36.0 Å². The van der Waals surface area contributed by atoms with Gasteiger partial charge in [-0.1, -0.05) is 0 Å². The van der Waals surface area contributed by atoms with Gasteiger partial charge in [-0.15, -0.1) is 0 Å². The van der Waals surface area contributed by atoms with Gasteiger partial charge >= 0.3 is 0 Å². The van der Waals surface area contributed by atoms with Crippen molar-refractivity contribution in [2.75, 3.05) is 32.2 Å². The first kappa shape index (κ1) is 20.1. The van der Waals surface area contributed by atoms with E-state index in [-0.39, 0.29) is 23.5 Å². The number of carbonyl (C=O) groups is 1. The molecule has 0 radical (unpaired) electrons. The van der Waals surface area contributed by atoms with Crippen LogP contribution in [0.5, 0.6) is 11.5 Å². The Hall–Kier alpha value is -2.62. The summed E-state index contributed by atoms with van der Waals surface area (Å²) in [5, 5.41) is 2.76. The molecule has 1 aliphatic heterocycles. The Kier molecular flexibility index (Phi) is 6.18. The van der Waals surface area contributed by atoms with Crippen molar-refractivity contribution in [1.29, 1.82) is 0 Å². The summed E-state index contributed by atoms with van der Waals surface area (Å²) in [6, 6.07) is 10.5. The molecule has 1 heterocycles. The second-order valence-corrected chi connectivity index (χ2v) is 8.03. The van der Waals surface area contributed by atoms with Crippen molar-refractivity contribution in [1.82, 2.24) is 4.72 Å². The lowest BCUT2D eigenvalue weighted by Gasteiger charge is -2.19. The van der Waals surface area contributed by atoms with Gasteiger partial charge in [0.1, 0.15) is 13.2 Å². The fourth-order valence-electron chi connectivity index (χ4n) is 2.73. The number of hydrogen-bond acceptors (Lipinski definition) is 6. The first-order chi connectivity index (χ1) is 13.4. The monoisotopic (exact) mass is 406 g/mol. The van der Waals surface area contributed by atoms with E-state index in [4.69, 9.17) is 14.2 Å². The number of amides is 1. The highest BCUT2D eigenvalue weighted by Crippen LogP contribution is 2.32. The zero-order valence-corrected chi connectivity index (χ0v) is 16.4. The summed E-state index contributed by atoms with van der Waals surface area (Å²) in [5.41, 5.74) is 0.889. The van der Waals surface area contributed by atoms with Crippen LogP contribution in [-0.2, 0) is 14.8 Å². The Labute approximate surface area is 163 Å². The molecule has 0 spiro atoms. The Morgan fingerprint density at radius 3 is 2.46 bits per heavy atom. The van der Waals surface area contributed by atoms with E-state index < -0.39 is 10.0 Å². The molecule has 0 bridgehead atoms. The summed E-state index contributed by atoms with van der Waals surface area (Å²) in [5.74, 6) is 0.845. The van der Waals surface area contributed by atoms with Crippen LogP contribution >= 0.6 is 0 Å². The summed E-state index contributed by atoms with van der Waals surface area (Å²) in [6.07, 6.45) is 0. The van der Waals surface area contributed by atoms with E-state index in [1.54, 1.807) is 25.1 Å². The third-order valence-electron chi connectivity index (χ3n) is 4.00. The Balaban J connectivity index is 1.68. The van der Waals surface area contributed by atoms with Crippen LogP contribution < -0.4 is 19.5 Å². The van der Waals surface area contributed by atoms with Crippen LogP contribution in [0.4, 0.5) is 5.69 Å². The van der Waals surface area contributed by atoms with Crippen LogP contribution in [0.2, 0.25) is 0 Å². The molecule has 0 aromatic heterocycles. The van der Waals surface area contributed by atoms with Crippen molar-refractivity contribution in [2.45, 2.75) is 17.9 Å². The van der Waals surface area contributed by atoms with Crippen LogP contribution in [0, 0.1) is 0 Å². The van der Waals surface area contributed by atoms with Crippen LogP contribution in [0.1, 0.15) is 17.3 Å². The van der Waals surface area contributed by atoms with Gasteiger partial charge in [-0.05, 0) is 43.3 Å². The number of rotatable bonds is 7. The summed E-state index contributed by atoms with van der Waals surface area (Å²) in [7, 11) is -2.19. The minimum absolute atomic E-state index is 0.0753. The van der Waals surface area contributed by atoms with Crippen molar-refractivity contribution in [3.05, 3.63) is 48.0 Å². The number of sulfonamides is 1. The molecule has 2 aromatic carbocycles. The second kappa shape index (κ2) is 8.59. The lowest BCUT2D eigenvalue weighted by molar-refractivity contribution is 0.102. The van der Waals surface area contributed by atoms with Gasteiger partial charge in [-0.25, -0.2) is 13.1 Å². The van der Waals surface area contributed by atoms with Gasteiger partial charge in [0.05, 0.1) is 11.5 Å². The molecular formula is C19H22N2O6S. The smallest absolute Gasteiger partial charge is 0.255 e. The quantitative estimate of drug-likeness (QED) is 0.729. The minimum Gasteiger partial charge on any atom is -0.486 e. The van der Waals surface area contributed by atoms with Gasteiger partial charge in [0.25, 0.3) is 5.91 Å². The van der Waals surface area contributed by atoms with Gasteiger partial charge in [0.2, 0.25) is 10.0 Å². The topological polar surface area (TPSA) is 103 Å². The average Bonchev–Trinajstić information content (AvgIpc) is 2.68. The number of carbonyl (C=O) groups excluding carboxylic acids is 1. The lowest BCUT2D eigenvalue weighted by Crippen LogP contribution is -2.35. The lowest BCUT2D eigenvalue weighted by atomic mass is 10.2. The van der Waals surface area contributed by atoms with Crippen molar-refractivity contribution in [2.24, 2.45) is 0 Å². The molecule has 9 heteroatoms. The zero-order chi connectivity index (χ0) is 20.1. The number of ether oxygens (including phenoxy) is 3. The number of methoxy groups -OCH3 is 1. The van der Waals surface area contributed by atoms with Crippen molar-refractivity contribution >= 4 is 21.6 Å². The Morgan fingerprint density at radius 1 is 1.11 bits per heavy atom. The zero-order valence-electron chi connectivity index (χ0n) is 15.6. The van der Waals surface area contributed by atoms with Gasteiger partial charge in [0.15, 0.2) is 11.5 Å². The average molecular weight is 406 g/mol. The maximum atomic E-state index is 12.4. The second-order valence-electron chi connectivity index (χ2n) is 6.31. The number of fused-ring (bicyclic) bond motifs is 1. The van der Waals surface area contributed by atoms with E-state index in [1.807, 2.05) is 0 Å². The highest BCUT2D eigenvalue weighted by Gasteiger charge is 2.18. The molecule has 0 saturated carbocycles. The van der Waals surface area contributed by atoms with Crippen LogP contribution in [-0.4, -0.2) is 47.3 Å². The SMILES string of the molecule is COCC(C)NS(=O)(=O)c1ccc(C(=O)Nc2ccc3c(c2)OCCO3)cc1. The van der Waals surface area contributed by atoms with Crippen molar-refractivity contribution in [3.63, 3.8) is 0 Å². The van der Waals surface area contributed by atoms with Gasteiger partial charge in [-0.2, -0.15) is 0 Å². The van der Waals surface area contributed by atoms with E-state index >= 15 is 0 Å². The van der Waals surface area contributed by atoms with E-state index in [1.165, 1.54) is 31.4 Å². The molecule has 2 aromatic rings. The normalized spacial score (nSPS) is 14.4. The molecule has 1 amide bonds. The maximum Gasteiger partial charge on any atom is 0.255 e. The first-order valence-corrected chi connectivity index (χ1v) is 10.2. The predicted molar refractivity (Wildman–Crippen MR) is 103 cm³/mol. The molecule has 1 atom stereocenters. The van der Waals surface area contributed by atoms with Crippen LogP contribution in [0.15, 0.2) is 47.4 Å². The van der Waals surface area contributed by atoms with E-state index in [2.05, 4.69) is 10.0 Å². The van der Waals surface area contributed by atoms with Gasteiger partial charge in [-0.3, -0.25) is 4.79 Å². The highest BCUT2D eigenvalue weighted by atomic mass is 32.2. The highest BCUT2D eigenvalue weighted by molar-refractivity contribution is 7.89. The molecule has 0 saturated heterocycles. The number of benzene rings is 2. The van der Waals surface area contributed by atoms with Gasteiger partial charge in [0, 0.05) is 30.5 Å². The largest absolute Gasteiger partial charge is 0.486 e. The molecule has 0 fully saturated rings. The minimum atomic E-state index is -3.69. The predicted octanol–water partition coefficient (Wildman–Crippen LogP) is 2.02. The van der Waals surface area contributed by atoms with Crippen LogP contribution in [0.25, 0.3) is 0 Å². The molecule has 1 aliphatic rings. The third kappa shape index (κ3) is 4.80. The molecule has 8 nitrogen and oxygen atoms in total. The standard InChI is InChI=1S/C19H22N2O6S/c1-13(12-25-2)21-28(23,24)16-6-3-14(4-7-16)19(22)20-15-5-8-17-18(11-15)27-10-9-26-17/h3-8,11,13,21H,9-10,12H2,1-2H3,(H,20,22). The van der Waals surface area contributed by atoms with Crippen molar-refractivity contribution < 1.29 is 27.4 Å². The fraction of sp³-hybridized carbons (Fsp3) is 0.316. The molecule has 1 unspecified atom stereocenters. The first-order valence-electron chi connectivity index (χ1n) is 8.71. The summed E-state index contributed by atoms with van der Waals surface area (Å²) < 4.78 is 43.1. The number of anilines is 1. The summed E-state index contributed by atoms with van der Waals surface area (Å²) in [6.45, 7) is 2.91. The molecule has 150 valence electrons. The third-order valence-corrected chi connectivity index (χ3v) is 5.61. The fourth-order valence-corrected chi connectivity index (χ4v) is 3.95. The number of hydrogen-bond donors (Lipinski definition) is 2.